The number of benzene rings is 2. The molecular formula is C18H13FN4O4. The number of hydrogen-bond acceptors (Lipinski definition) is 5. The molecule has 0 saturated carbocycles. The van der Waals surface area contributed by atoms with Gasteiger partial charge in [-0.05, 0) is 43.3 Å². The fourth-order valence-electron chi connectivity index (χ4n) is 2.38. The maximum absolute atomic E-state index is 13.1. The van der Waals surface area contributed by atoms with Crippen molar-refractivity contribution in [3.63, 3.8) is 0 Å². The van der Waals surface area contributed by atoms with Crippen molar-refractivity contribution in [2.75, 3.05) is 5.32 Å². The largest absolute Gasteiger partial charge is 0.320 e. The van der Waals surface area contributed by atoms with Crippen LogP contribution in [0.15, 0.2) is 59.4 Å². The van der Waals surface area contributed by atoms with Crippen LogP contribution in [0.4, 0.5) is 15.8 Å². The topological polar surface area (TPSA) is 107 Å². The third-order valence-electron chi connectivity index (χ3n) is 3.77. The molecular weight excluding hydrogens is 355 g/mol. The minimum Gasteiger partial charge on any atom is -0.320 e. The fraction of sp³-hybridized carbons (Fsp3) is 0.0556. The number of amides is 1. The number of carbonyl (C=O) groups excluding carboxylic acids is 1. The van der Waals surface area contributed by atoms with Crippen molar-refractivity contribution in [2.24, 2.45) is 0 Å². The van der Waals surface area contributed by atoms with E-state index in [0.29, 0.717) is 11.3 Å². The van der Waals surface area contributed by atoms with E-state index in [1.165, 1.54) is 48.5 Å². The zero-order valence-electron chi connectivity index (χ0n) is 14.0. The van der Waals surface area contributed by atoms with E-state index in [4.69, 9.17) is 0 Å². The number of anilines is 1. The lowest BCUT2D eigenvalue weighted by molar-refractivity contribution is -0.385. The molecule has 2 aromatic carbocycles. The number of hydrogen-bond donors (Lipinski definition) is 1. The predicted molar refractivity (Wildman–Crippen MR) is 95.6 cm³/mol. The first-order chi connectivity index (χ1) is 12.8. The van der Waals surface area contributed by atoms with Crippen LogP contribution >= 0.6 is 0 Å². The number of halogens is 1. The van der Waals surface area contributed by atoms with E-state index in [1.54, 1.807) is 6.92 Å². The van der Waals surface area contributed by atoms with Crippen molar-refractivity contribution in [1.29, 1.82) is 0 Å². The van der Waals surface area contributed by atoms with E-state index in [0.717, 1.165) is 10.7 Å². The van der Waals surface area contributed by atoms with Crippen LogP contribution in [0.5, 0.6) is 0 Å². The molecule has 0 unspecified atom stereocenters. The van der Waals surface area contributed by atoms with Crippen LogP contribution in [0.1, 0.15) is 16.1 Å². The van der Waals surface area contributed by atoms with Gasteiger partial charge in [0.2, 0.25) is 0 Å². The lowest BCUT2D eigenvalue weighted by Gasteiger charge is -2.08. The zero-order chi connectivity index (χ0) is 19.6. The van der Waals surface area contributed by atoms with E-state index >= 15 is 0 Å². The molecule has 1 N–H and O–H groups in total. The minimum absolute atomic E-state index is 0.0813. The van der Waals surface area contributed by atoms with Crippen LogP contribution < -0.4 is 10.9 Å². The highest BCUT2D eigenvalue weighted by Crippen LogP contribution is 2.22. The van der Waals surface area contributed by atoms with E-state index < -0.39 is 22.2 Å². The summed E-state index contributed by atoms with van der Waals surface area (Å²) in [6.07, 6.45) is 0. The van der Waals surface area contributed by atoms with Crippen LogP contribution in [0.2, 0.25) is 0 Å². The average molecular weight is 368 g/mol. The maximum Gasteiger partial charge on any atom is 0.276 e. The summed E-state index contributed by atoms with van der Waals surface area (Å²) in [4.78, 5) is 34.9. The van der Waals surface area contributed by atoms with Gasteiger partial charge >= 0.3 is 0 Å². The summed E-state index contributed by atoms with van der Waals surface area (Å²) >= 11 is 0. The molecule has 0 aliphatic rings. The van der Waals surface area contributed by atoms with Gasteiger partial charge in [-0.25, -0.2) is 4.39 Å². The summed E-state index contributed by atoms with van der Waals surface area (Å²) in [6.45, 7) is 1.59. The average Bonchev–Trinajstić information content (AvgIpc) is 2.64. The minimum atomic E-state index is -0.649. The zero-order valence-corrected chi connectivity index (χ0v) is 14.0. The first kappa shape index (κ1) is 17.9. The molecule has 0 bridgehead atoms. The first-order valence-corrected chi connectivity index (χ1v) is 7.78. The van der Waals surface area contributed by atoms with Gasteiger partial charge in [-0.2, -0.15) is 9.78 Å². The van der Waals surface area contributed by atoms with Crippen LogP contribution in [0, 0.1) is 22.9 Å². The predicted octanol–water partition coefficient (Wildman–Crippen LogP) is 2.84. The van der Waals surface area contributed by atoms with Gasteiger partial charge in [0.05, 0.1) is 10.6 Å². The van der Waals surface area contributed by atoms with E-state index in [-0.39, 0.29) is 17.1 Å². The molecule has 0 radical (unpaired) electrons. The summed E-state index contributed by atoms with van der Waals surface area (Å²) in [5.41, 5.74) is 0.268. The number of aryl methyl sites for hydroxylation is 1. The Morgan fingerprint density at radius 1 is 1.15 bits per heavy atom. The van der Waals surface area contributed by atoms with E-state index in [1.807, 2.05) is 0 Å². The molecule has 1 heterocycles. The number of aromatic nitrogens is 2. The van der Waals surface area contributed by atoms with Crippen LogP contribution in [-0.2, 0) is 0 Å². The van der Waals surface area contributed by atoms with Gasteiger partial charge in [0, 0.05) is 23.4 Å². The first-order valence-electron chi connectivity index (χ1n) is 7.78. The Balaban J connectivity index is 1.91. The molecule has 3 rings (SSSR count). The van der Waals surface area contributed by atoms with E-state index in [9.17, 15) is 24.1 Å². The third-order valence-corrected chi connectivity index (χ3v) is 3.77. The van der Waals surface area contributed by atoms with Crippen molar-refractivity contribution >= 4 is 17.3 Å². The summed E-state index contributed by atoms with van der Waals surface area (Å²) in [7, 11) is 0. The molecule has 0 fully saturated rings. The molecule has 0 aliphatic heterocycles. The van der Waals surface area contributed by atoms with Gasteiger partial charge in [0.25, 0.3) is 17.2 Å². The number of nitro benzene ring substituents is 1. The second kappa shape index (κ2) is 7.16. The van der Waals surface area contributed by atoms with Gasteiger partial charge in [-0.3, -0.25) is 19.7 Å². The van der Waals surface area contributed by atoms with Gasteiger partial charge in [-0.1, -0.05) is 6.07 Å². The maximum atomic E-state index is 13.1. The Morgan fingerprint density at radius 2 is 1.85 bits per heavy atom. The van der Waals surface area contributed by atoms with Crippen molar-refractivity contribution in [1.82, 2.24) is 9.78 Å². The second-order valence-electron chi connectivity index (χ2n) is 5.66. The lowest BCUT2D eigenvalue weighted by atomic mass is 10.2. The molecule has 3 aromatic rings. The SMILES string of the molecule is Cc1ccc(NC(=O)c2ccc(=O)n(-c3ccc(F)cc3)n2)cc1[N+](=O)[O-]. The van der Waals surface area contributed by atoms with Gasteiger partial charge in [-0.15, -0.1) is 0 Å². The highest BCUT2D eigenvalue weighted by atomic mass is 19.1. The molecule has 27 heavy (non-hydrogen) atoms. The van der Waals surface area contributed by atoms with Crippen LogP contribution in [0.3, 0.4) is 0 Å². The monoisotopic (exact) mass is 368 g/mol. The third kappa shape index (κ3) is 3.87. The van der Waals surface area contributed by atoms with Gasteiger partial charge < -0.3 is 5.32 Å². The van der Waals surface area contributed by atoms with Crippen LogP contribution in [0.25, 0.3) is 5.69 Å². The Hall–Kier alpha value is -3.88. The quantitative estimate of drug-likeness (QED) is 0.563. The normalized spacial score (nSPS) is 10.4. The lowest BCUT2D eigenvalue weighted by Crippen LogP contribution is -2.24. The van der Waals surface area contributed by atoms with Crippen LogP contribution in [-0.4, -0.2) is 20.6 Å². The van der Waals surface area contributed by atoms with Gasteiger partial charge in [0.15, 0.2) is 0 Å². The Labute approximate surface area is 152 Å². The highest BCUT2D eigenvalue weighted by Gasteiger charge is 2.15. The van der Waals surface area contributed by atoms with Crippen molar-refractivity contribution in [2.45, 2.75) is 6.92 Å². The molecule has 0 aliphatic carbocycles. The van der Waals surface area contributed by atoms with E-state index in [2.05, 4.69) is 10.4 Å². The summed E-state index contributed by atoms with van der Waals surface area (Å²) in [6, 6.07) is 11.7. The second-order valence-corrected chi connectivity index (χ2v) is 5.66. The van der Waals surface area contributed by atoms with Crippen molar-refractivity contribution in [3.05, 3.63) is 92.1 Å². The Morgan fingerprint density at radius 3 is 2.52 bits per heavy atom. The Bertz CT molecular complexity index is 1090. The molecule has 1 amide bonds. The smallest absolute Gasteiger partial charge is 0.276 e. The fourth-order valence-corrected chi connectivity index (χ4v) is 2.38. The number of nitrogens with zero attached hydrogens (tertiary/aromatic N) is 3. The Kier molecular flexibility index (Phi) is 4.75. The standard InChI is InChI=1S/C18H13FN4O4/c1-11-2-5-13(10-16(11)23(26)27)20-18(25)15-8-9-17(24)22(21-15)14-6-3-12(19)4-7-14/h2-10H,1H3,(H,20,25). The van der Waals surface area contributed by atoms with Gasteiger partial charge in [0.1, 0.15) is 11.5 Å². The highest BCUT2D eigenvalue weighted by molar-refractivity contribution is 6.02. The number of carbonyl (C=O) groups is 1. The molecule has 136 valence electrons. The molecule has 0 spiro atoms. The molecule has 8 nitrogen and oxygen atoms in total. The summed E-state index contributed by atoms with van der Waals surface area (Å²) in [5, 5.41) is 17.5. The molecule has 1 aromatic heterocycles. The summed E-state index contributed by atoms with van der Waals surface area (Å²) < 4.78 is 14.0. The number of rotatable bonds is 4. The molecule has 9 heteroatoms. The summed E-state index contributed by atoms with van der Waals surface area (Å²) in [5.74, 6) is -1.12. The molecule has 0 saturated heterocycles. The van der Waals surface area contributed by atoms with Crippen molar-refractivity contribution in [3.8, 4) is 5.69 Å². The van der Waals surface area contributed by atoms with Crippen molar-refractivity contribution < 1.29 is 14.1 Å². The number of nitro groups is 1. The number of nitrogens with one attached hydrogen (secondary N) is 1. The molecule has 0 atom stereocenters.